The standard InChI is InChI=1S/C45H26N4O/c1-2-14-29-27(11-1)24-25-38-41(29)34-19-7-12-28-13-8-22-37(40(28)34)49(38)36-21-10-16-30-31(36)17-9-18-32(30)45-47-42-33-15-3-4-23-39(33)50-44(42)43(48-45)35-20-5-6-26-46-35/h1-26H. The van der Waals surface area contributed by atoms with Crippen LogP contribution in [0.15, 0.2) is 162 Å². The van der Waals surface area contributed by atoms with Crippen LogP contribution in [-0.2, 0) is 0 Å². The Morgan fingerprint density at radius 3 is 2.12 bits per heavy atom. The third-order valence-corrected chi connectivity index (χ3v) is 10.0. The summed E-state index contributed by atoms with van der Waals surface area (Å²) in [6.07, 6.45) is 1.79. The molecule has 5 nitrogen and oxygen atoms in total. The monoisotopic (exact) mass is 638 g/mol. The van der Waals surface area contributed by atoms with Crippen LogP contribution < -0.4 is 4.90 Å². The minimum atomic E-state index is 0.630. The van der Waals surface area contributed by atoms with Gasteiger partial charge in [-0.3, -0.25) is 4.98 Å². The van der Waals surface area contributed by atoms with Crippen LogP contribution in [0.1, 0.15) is 0 Å². The van der Waals surface area contributed by atoms with Crippen molar-refractivity contribution in [2.24, 2.45) is 0 Å². The predicted octanol–water partition coefficient (Wildman–Crippen LogP) is 12.0. The maximum Gasteiger partial charge on any atom is 0.181 e. The van der Waals surface area contributed by atoms with Crippen molar-refractivity contribution in [3.8, 4) is 33.9 Å². The Bertz CT molecular complexity index is 3000. The van der Waals surface area contributed by atoms with Gasteiger partial charge in [-0.1, -0.05) is 109 Å². The van der Waals surface area contributed by atoms with Crippen LogP contribution in [-0.4, -0.2) is 15.0 Å². The smallest absolute Gasteiger partial charge is 0.181 e. The summed E-state index contributed by atoms with van der Waals surface area (Å²) in [7, 11) is 0. The number of fused-ring (bicyclic) bond motifs is 8. The zero-order valence-corrected chi connectivity index (χ0v) is 26.7. The van der Waals surface area contributed by atoms with Crippen molar-refractivity contribution in [3.05, 3.63) is 158 Å². The Hall–Kier alpha value is -6.85. The predicted molar refractivity (Wildman–Crippen MR) is 204 cm³/mol. The molecule has 232 valence electrons. The van der Waals surface area contributed by atoms with Gasteiger partial charge in [0.05, 0.1) is 22.8 Å². The quantitative estimate of drug-likeness (QED) is 0.193. The van der Waals surface area contributed by atoms with Crippen molar-refractivity contribution >= 4 is 71.4 Å². The largest absolute Gasteiger partial charge is 0.452 e. The van der Waals surface area contributed by atoms with Gasteiger partial charge in [0.25, 0.3) is 0 Å². The molecule has 1 aliphatic rings. The molecule has 50 heavy (non-hydrogen) atoms. The van der Waals surface area contributed by atoms with E-state index in [4.69, 9.17) is 14.4 Å². The van der Waals surface area contributed by atoms with Crippen molar-refractivity contribution in [2.75, 3.05) is 4.90 Å². The Balaban J connectivity index is 1.20. The lowest BCUT2D eigenvalue weighted by Gasteiger charge is -2.35. The SMILES string of the molecule is c1ccc(-c2nc(-c3cccc4c(N5c6ccc7ccccc7c6-c6cccc7cccc5c67)cccc34)nc3c2oc2ccccc23)nc1. The number of pyridine rings is 1. The molecule has 0 spiro atoms. The van der Waals surface area contributed by atoms with Gasteiger partial charge in [0, 0.05) is 33.5 Å². The summed E-state index contributed by atoms with van der Waals surface area (Å²) in [4.78, 5) is 17.5. The fraction of sp³-hybridized carbons (Fsp3) is 0. The summed E-state index contributed by atoms with van der Waals surface area (Å²) in [6.45, 7) is 0. The normalized spacial score (nSPS) is 12.4. The molecule has 4 heterocycles. The van der Waals surface area contributed by atoms with Crippen LogP contribution in [0.5, 0.6) is 0 Å². The summed E-state index contributed by atoms with van der Waals surface area (Å²) < 4.78 is 6.36. The van der Waals surface area contributed by atoms with E-state index in [1.807, 2.05) is 36.4 Å². The molecule has 3 aromatic heterocycles. The number of benzene rings is 7. The molecule has 0 bridgehead atoms. The van der Waals surface area contributed by atoms with E-state index in [2.05, 4.69) is 125 Å². The van der Waals surface area contributed by atoms with Gasteiger partial charge in [0.15, 0.2) is 11.4 Å². The molecule has 0 unspecified atom stereocenters. The zero-order chi connectivity index (χ0) is 32.8. The second-order valence-electron chi connectivity index (χ2n) is 12.8. The summed E-state index contributed by atoms with van der Waals surface area (Å²) in [5, 5.41) is 8.08. The molecule has 7 aromatic carbocycles. The highest BCUT2D eigenvalue weighted by Gasteiger charge is 2.29. The van der Waals surface area contributed by atoms with Crippen LogP contribution >= 0.6 is 0 Å². The molecule has 0 aliphatic carbocycles. The molecule has 0 radical (unpaired) electrons. The van der Waals surface area contributed by atoms with Crippen LogP contribution in [0.4, 0.5) is 17.1 Å². The molecule has 10 aromatic rings. The average molecular weight is 639 g/mol. The van der Waals surface area contributed by atoms with E-state index >= 15 is 0 Å². The Kier molecular flexibility index (Phi) is 5.60. The van der Waals surface area contributed by atoms with Gasteiger partial charge in [-0.2, -0.15) is 0 Å². The highest BCUT2D eigenvalue weighted by molar-refractivity contribution is 6.21. The number of nitrogens with zero attached hydrogens (tertiary/aromatic N) is 4. The highest BCUT2D eigenvalue weighted by atomic mass is 16.3. The minimum Gasteiger partial charge on any atom is -0.452 e. The van der Waals surface area contributed by atoms with E-state index in [9.17, 15) is 0 Å². The van der Waals surface area contributed by atoms with Crippen molar-refractivity contribution in [1.29, 1.82) is 0 Å². The third-order valence-electron chi connectivity index (χ3n) is 10.0. The number of hydrogen-bond donors (Lipinski definition) is 0. The van der Waals surface area contributed by atoms with E-state index in [1.165, 1.54) is 38.4 Å². The van der Waals surface area contributed by atoms with Gasteiger partial charge in [0.1, 0.15) is 16.8 Å². The first-order valence-electron chi connectivity index (χ1n) is 16.8. The Labute approximate surface area is 286 Å². The second-order valence-corrected chi connectivity index (χ2v) is 12.8. The van der Waals surface area contributed by atoms with Crippen molar-refractivity contribution in [2.45, 2.75) is 0 Å². The van der Waals surface area contributed by atoms with E-state index < -0.39 is 0 Å². The molecule has 11 rings (SSSR count). The lowest BCUT2D eigenvalue weighted by molar-refractivity contribution is 0.667. The van der Waals surface area contributed by atoms with E-state index in [-0.39, 0.29) is 0 Å². The Morgan fingerprint density at radius 1 is 0.480 bits per heavy atom. The summed E-state index contributed by atoms with van der Waals surface area (Å²) in [5.74, 6) is 0.630. The van der Waals surface area contributed by atoms with E-state index in [1.54, 1.807) is 6.20 Å². The van der Waals surface area contributed by atoms with Gasteiger partial charge in [-0.25, -0.2) is 9.97 Å². The first-order valence-corrected chi connectivity index (χ1v) is 16.8. The Morgan fingerprint density at radius 2 is 1.20 bits per heavy atom. The molecule has 0 atom stereocenters. The molecule has 0 fully saturated rings. The van der Waals surface area contributed by atoms with Crippen LogP contribution in [0.3, 0.4) is 0 Å². The number of rotatable bonds is 3. The average Bonchev–Trinajstić information content (AvgIpc) is 3.56. The van der Waals surface area contributed by atoms with Gasteiger partial charge >= 0.3 is 0 Å². The second kappa shape index (κ2) is 10.3. The molecule has 1 aliphatic heterocycles. The summed E-state index contributed by atoms with van der Waals surface area (Å²) in [6, 6.07) is 53.3. The molecule has 0 amide bonds. The number of para-hydroxylation sites is 1. The van der Waals surface area contributed by atoms with Crippen molar-refractivity contribution in [1.82, 2.24) is 15.0 Å². The number of hydrogen-bond acceptors (Lipinski definition) is 5. The molecule has 0 saturated heterocycles. The number of furan rings is 1. The molecule has 5 heteroatoms. The maximum absolute atomic E-state index is 6.36. The van der Waals surface area contributed by atoms with Gasteiger partial charge in [-0.05, 0) is 69.6 Å². The maximum atomic E-state index is 6.36. The number of aromatic nitrogens is 3. The first kappa shape index (κ1) is 27.1. The molecular weight excluding hydrogens is 613 g/mol. The van der Waals surface area contributed by atoms with Crippen LogP contribution in [0.2, 0.25) is 0 Å². The number of anilines is 3. The minimum absolute atomic E-state index is 0.630. The lowest BCUT2D eigenvalue weighted by Crippen LogP contribution is -2.15. The fourth-order valence-electron chi connectivity index (χ4n) is 7.91. The van der Waals surface area contributed by atoms with Gasteiger partial charge < -0.3 is 9.32 Å². The van der Waals surface area contributed by atoms with Crippen LogP contribution in [0, 0.1) is 0 Å². The lowest BCUT2D eigenvalue weighted by atomic mass is 9.87. The summed E-state index contributed by atoms with van der Waals surface area (Å²) >= 11 is 0. The fourth-order valence-corrected chi connectivity index (χ4v) is 7.91. The first-order chi connectivity index (χ1) is 24.8. The van der Waals surface area contributed by atoms with E-state index in [0.717, 1.165) is 49.9 Å². The molecule has 0 N–H and O–H groups in total. The highest BCUT2D eigenvalue weighted by Crippen LogP contribution is 2.54. The zero-order valence-electron chi connectivity index (χ0n) is 26.7. The van der Waals surface area contributed by atoms with Crippen molar-refractivity contribution < 1.29 is 4.42 Å². The van der Waals surface area contributed by atoms with Crippen LogP contribution in [0.25, 0.3) is 88.3 Å². The molecular formula is C45H26N4O. The van der Waals surface area contributed by atoms with E-state index in [0.29, 0.717) is 17.1 Å². The summed E-state index contributed by atoms with van der Waals surface area (Å²) in [5.41, 5.74) is 10.5. The third kappa shape index (κ3) is 3.80. The van der Waals surface area contributed by atoms with Gasteiger partial charge in [-0.15, -0.1) is 0 Å². The van der Waals surface area contributed by atoms with Crippen molar-refractivity contribution in [3.63, 3.8) is 0 Å². The molecule has 0 saturated carbocycles. The van der Waals surface area contributed by atoms with Gasteiger partial charge in [0.2, 0.25) is 0 Å². The topological polar surface area (TPSA) is 55.1 Å².